The van der Waals surface area contributed by atoms with Crippen molar-refractivity contribution in [2.24, 2.45) is 0 Å². The van der Waals surface area contributed by atoms with Crippen LogP contribution in [0, 0.1) is 0 Å². The smallest absolute Gasteiger partial charge is 0.346 e. The lowest BCUT2D eigenvalue weighted by Crippen LogP contribution is -2.20. The second kappa shape index (κ2) is 2.55. The lowest BCUT2D eigenvalue weighted by Gasteiger charge is -1.99. The first-order chi connectivity index (χ1) is 6.61. The summed E-state index contributed by atoms with van der Waals surface area (Å²) in [6.07, 6.45) is 1.08. The van der Waals surface area contributed by atoms with Gasteiger partial charge in [-0.15, -0.1) is 0 Å². The molecule has 0 aliphatic rings. The van der Waals surface area contributed by atoms with Crippen LogP contribution in [-0.2, 0) is 0 Å². The highest BCUT2D eigenvalue weighted by atomic mass is 16.4. The van der Waals surface area contributed by atoms with Gasteiger partial charge in [-0.05, 0) is 0 Å². The number of rotatable bonds is 1. The van der Waals surface area contributed by atoms with Crippen molar-refractivity contribution in [1.82, 2.24) is 19.6 Å². The summed E-state index contributed by atoms with van der Waals surface area (Å²) in [5.41, 5.74) is -1.68. The number of hydrogen-bond acceptors (Lipinski definition) is 5. The fourth-order valence-electron chi connectivity index (χ4n) is 1.05. The van der Waals surface area contributed by atoms with Crippen LogP contribution in [0.1, 0.15) is 10.4 Å². The van der Waals surface area contributed by atoms with Gasteiger partial charge in [0.25, 0.3) is 5.56 Å². The Hall–Kier alpha value is -2.38. The molecular weight excluding hydrogens is 192 g/mol. The molecule has 0 aliphatic heterocycles. The summed E-state index contributed by atoms with van der Waals surface area (Å²) in [6, 6.07) is 0. The lowest BCUT2D eigenvalue weighted by molar-refractivity contribution is 0.0690. The van der Waals surface area contributed by atoms with Crippen LogP contribution in [0.2, 0.25) is 0 Å². The molecular formula is C6H4N4O4. The van der Waals surface area contributed by atoms with Gasteiger partial charge in [0.05, 0.1) is 0 Å². The Morgan fingerprint density at radius 3 is 2.93 bits per heavy atom. The van der Waals surface area contributed by atoms with Crippen molar-refractivity contribution in [1.29, 1.82) is 0 Å². The lowest BCUT2D eigenvalue weighted by atomic mass is 10.3. The summed E-state index contributed by atoms with van der Waals surface area (Å²) in [6.45, 7) is 0. The first kappa shape index (κ1) is 8.23. The monoisotopic (exact) mass is 196 g/mol. The molecule has 0 aromatic carbocycles. The number of H-pyrrole nitrogens is 1. The number of nitrogens with one attached hydrogen (secondary N) is 1. The minimum absolute atomic E-state index is 0.0162. The molecule has 8 heteroatoms. The average Bonchev–Trinajstić information content (AvgIpc) is 2.50. The maximum atomic E-state index is 11.1. The summed E-state index contributed by atoms with van der Waals surface area (Å²) < 4.78 is 0.824. The molecule has 0 saturated heterocycles. The Kier molecular flexibility index (Phi) is 1.50. The van der Waals surface area contributed by atoms with Gasteiger partial charge in [-0.25, -0.2) is 4.79 Å². The number of nitrogens with zero attached hydrogens (tertiary/aromatic N) is 3. The van der Waals surface area contributed by atoms with Crippen LogP contribution in [0.5, 0.6) is 5.88 Å². The fraction of sp³-hybridized carbons (Fsp3) is 0. The van der Waals surface area contributed by atoms with E-state index < -0.39 is 23.0 Å². The summed E-state index contributed by atoms with van der Waals surface area (Å²) >= 11 is 0. The number of aromatic carboxylic acids is 1. The highest BCUT2D eigenvalue weighted by Crippen LogP contribution is 2.11. The molecule has 0 fully saturated rings. The molecule has 0 aliphatic carbocycles. The highest BCUT2D eigenvalue weighted by Gasteiger charge is 2.19. The van der Waals surface area contributed by atoms with Gasteiger partial charge in [-0.1, -0.05) is 0 Å². The van der Waals surface area contributed by atoms with E-state index in [9.17, 15) is 14.7 Å². The molecule has 0 radical (unpaired) electrons. The van der Waals surface area contributed by atoms with Gasteiger partial charge >= 0.3 is 5.97 Å². The van der Waals surface area contributed by atoms with E-state index >= 15 is 0 Å². The molecule has 0 atom stereocenters. The maximum absolute atomic E-state index is 11.1. The van der Waals surface area contributed by atoms with Crippen LogP contribution in [0.4, 0.5) is 0 Å². The summed E-state index contributed by atoms with van der Waals surface area (Å²) in [5.74, 6) is -2.28. The average molecular weight is 196 g/mol. The highest BCUT2D eigenvalue weighted by molar-refractivity contribution is 5.89. The van der Waals surface area contributed by atoms with Crippen molar-refractivity contribution >= 4 is 11.7 Å². The summed E-state index contributed by atoms with van der Waals surface area (Å²) in [4.78, 5) is 27.4. The van der Waals surface area contributed by atoms with Crippen molar-refractivity contribution in [2.45, 2.75) is 0 Å². The molecule has 2 heterocycles. The zero-order valence-corrected chi connectivity index (χ0v) is 6.63. The third kappa shape index (κ3) is 0.937. The molecule has 0 unspecified atom stereocenters. The molecule has 3 N–H and O–H groups in total. The Morgan fingerprint density at radius 1 is 1.57 bits per heavy atom. The van der Waals surface area contributed by atoms with Crippen LogP contribution in [-0.4, -0.2) is 35.8 Å². The second-order valence-corrected chi connectivity index (χ2v) is 2.45. The Morgan fingerprint density at radius 2 is 2.29 bits per heavy atom. The van der Waals surface area contributed by atoms with Crippen molar-refractivity contribution in [3.63, 3.8) is 0 Å². The molecule has 2 aromatic heterocycles. The minimum atomic E-state index is -1.53. The summed E-state index contributed by atoms with van der Waals surface area (Å²) in [7, 11) is 0. The van der Waals surface area contributed by atoms with Crippen molar-refractivity contribution < 1.29 is 15.0 Å². The van der Waals surface area contributed by atoms with Gasteiger partial charge in [0.1, 0.15) is 6.33 Å². The van der Waals surface area contributed by atoms with Crippen LogP contribution in [0.3, 0.4) is 0 Å². The molecule has 0 amide bonds. The number of aromatic hydroxyl groups is 1. The van der Waals surface area contributed by atoms with Crippen LogP contribution in [0.25, 0.3) is 5.78 Å². The molecule has 2 aromatic rings. The maximum Gasteiger partial charge on any atom is 0.346 e. The van der Waals surface area contributed by atoms with E-state index in [0.717, 1.165) is 10.8 Å². The van der Waals surface area contributed by atoms with E-state index in [0.29, 0.717) is 0 Å². The Labute approximate surface area is 75.5 Å². The zero-order chi connectivity index (χ0) is 10.3. The van der Waals surface area contributed by atoms with Crippen molar-refractivity contribution in [2.75, 3.05) is 0 Å². The second-order valence-electron chi connectivity index (χ2n) is 2.45. The standard InChI is InChI=1S/C6H4N4O4/c11-3-2(5(13)14)4(12)10-6(9-3)7-1-8-10/h1,12H,(H,13,14)(H,7,8,9,11). The SMILES string of the molecule is O=C(O)c1c(O)n2ncnc2[nH]c1=O. The summed E-state index contributed by atoms with van der Waals surface area (Å²) in [5, 5.41) is 21.5. The fourth-order valence-corrected chi connectivity index (χ4v) is 1.05. The van der Waals surface area contributed by atoms with Crippen LogP contribution in [0.15, 0.2) is 11.1 Å². The van der Waals surface area contributed by atoms with Crippen molar-refractivity contribution in [3.8, 4) is 5.88 Å². The van der Waals surface area contributed by atoms with Gasteiger partial charge in [0, 0.05) is 0 Å². The molecule has 8 nitrogen and oxygen atoms in total. The van der Waals surface area contributed by atoms with Gasteiger partial charge in [0.2, 0.25) is 11.7 Å². The molecule has 72 valence electrons. The van der Waals surface area contributed by atoms with E-state index in [-0.39, 0.29) is 5.78 Å². The Bertz CT molecular complexity index is 569. The molecule has 2 rings (SSSR count). The number of fused-ring (bicyclic) bond motifs is 1. The van der Waals surface area contributed by atoms with Crippen molar-refractivity contribution in [3.05, 3.63) is 22.2 Å². The zero-order valence-electron chi connectivity index (χ0n) is 6.63. The number of aromatic nitrogens is 4. The number of hydrogen-bond donors (Lipinski definition) is 3. The van der Waals surface area contributed by atoms with E-state index in [1.807, 2.05) is 0 Å². The Balaban J connectivity index is 2.96. The predicted molar refractivity (Wildman–Crippen MR) is 42.2 cm³/mol. The number of carboxylic acid groups (broad SMARTS) is 1. The predicted octanol–water partition coefficient (Wildman–Crippen LogP) is -1.18. The molecule has 0 spiro atoms. The van der Waals surface area contributed by atoms with Gasteiger partial charge in [-0.3, -0.25) is 9.78 Å². The van der Waals surface area contributed by atoms with E-state index in [2.05, 4.69) is 15.1 Å². The first-order valence-electron chi connectivity index (χ1n) is 3.49. The number of carbonyl (C=O) groups is 1. The van der Waals surface area contributed by atoms with Crippen LogP contribution < -0.4 is 5.56 Å². The molecule has 0 bridgehead atoms. The van der Waals surface area contributed by atoms with Gasteiger partial charge < -0.3 is 10.2 Å². The quantitative estimate of drug-likeness (QED) is 0.528. The molecule has 0 saturated carbocycles. The molecule has 14 heavy (non-hydrogen) atoms. The third-order valence-corrected chi connectivity index (χ3v) is 1.64. The van der Waals surface area contributed by atoms with E-state index in [4.69, 9.17) is 5.11 Å². The topological polar surface area (TPSA) is 121 Å². The van der Waals surface area contributed by atoms with Gasteiger partial charge in [-0.2, -0.15) is 14.6 Å². The van der Waals surface area contributed by atoms with E-state index in [1.54, 1.807) is 0 Å². The first-order valence-corrected chi connectivity index (χ1v) is 3.49. The van der Waals surface area contributed by atoms with E-state index in [1.165, 1.54) is 0 Å². The number of carboxylic acids is 1. The van der Waals surface area contributed by atoms with Gasteiger partial charge in [0.15, 0.2) is 5.56 Å². The number of aromatic amines is 1. The van der Waals surface area contributed by atoms with Crippen LogP contribution >= 0.6 is 0 Å². The third-order valence-electron chi connectivity index (χ3n) is 1.64. The normalized spacial score (nSPS) is 10.6. The largest absolute Gasteiger partial charge is 0.492 e. The minimum Gasteiger partial charge on any atom is -0.492 e.